The first-order chi connectivity index (χ1) is 16.5. The van der Waals surface area contributed by atoms with Gasteiger partial charge in [-0.2, -0.15) is 8.78 Å². The highest BCUT2D eigenvalue weighted by molar-refractivity contribution is 6.37. The Morgan fingerprint density at radius 2 is 1.66 bits per heavy atom. The maximum atomic E-state index is 14.0. The number of aliphatic hydroxyl groups excluding tert-OH is 1. The molecule has 4 aliphatic heterocycles. The molecule has 4 heterocycles. The predicted octanol–water partition coefficient (Wildman–Crippen LogP) is 5.28. The highest BCUT2D eigenvalue weighted by Crippen LogP contribution is 2.63. The van der Waals surface area contributed by atoms with Crippen LogP contribution in [0.3, 0.4) is 0 Å². The van der Waals surface area contributed by atoms with E-state index in [9.17, 15) is 23.5 Å². The van der Waals surface area contributed by atoms with Crippen LogP contribution in [0.5, 0.6) is 0 Å². The Labute approximate surface area is 218 Å². The fourth-order valence-electron chi connectivity index (χ4n) is 6.34. The third kappa shape index (κ3) is 3.01. The maximum Gasteiger partial charge on any atom is 0.270 e. The lowest BCUT2D eigenvalue weighted by Gasteiger charge is -2.41. The highest BCUT2D eigenvalue weighted by Gasteiger charge is 2.75. The van der Waals surface area contributed by atoms with Gasteiger partial charge in [0.2, 0.25) is 11.8 Å². The summed E-state index contributed by atoms with van der Waals surface area (Å²) in [7, 11) is 0. The first kappa shape index (κ1) is 23.5. The molecule has 4 aliphatic rings. The number of fused-ring (bicyclic) bond motifs is 7. The van der Waals surface area contributed by atoms with E-state index >= 15 is 0 Å². The smallest absolute Gasteiger partial charge is 0.270 e. The van der Waals surface area contributed by atoms with Gasteiger partial charge >= 0.3 is 0 Å². The molecule has 3 fully saturated rings. The molecule has 0 saturated carbocycles. The van der Waals surface area contributed by atoms with E-state index in [-0.39, 0.29) is 44.3 Å². The molecule has 0 radical (unpaired) electrons. The molecule has 6 rings (SSSR count). The van der Waals surface area contributed by atoms with Crippen molar-refractivity contribution in [1.82, 2.24) is 4.90 Å². The SMILES string of the molecule is O=C1C2C3CC(=C(F)F)CN3C3(c4cc(Cl)cc(Cl)c4NC3O)C2C(=O)N1c1cc(Cl)cc(Cl)c1. The van der Waals surface area contributed by atoms with Crippen LogP contribution in [0.15, 0.2) is 42.0 Å². The number of hydrogen-bond acceptors (Lipinski definition) is 5. The molecular formula is C23H15Cl4F2N3O3. The van der Waals surface area contributed by atoms with Crippen LogP contribution in [0, 0.1) is 11.8 Å². The summed E-state index contributed by atoms with van der Waals surface area (Å²) in [5.74, 6) is -3.26. The molecule has 182 valence electrons. The van der Waals surface area contributed by atoms with Gasteiger partial charge < -0.3 is 10.4 Å². The van der Waals surface area contributed by atoms with Crippen LogP contribution in [0.1, 0.15) is 12.0 Å². The molecule has 0 aromatic heterocycles. The van der Waals surface area contributed by atoms with Crippen molar-refractivity contribution in [2.75, 3.05) is 16.8 Å². The van der Waals surface area contributed by atoms with Gasteiger partial charge in [0, 0.05) is 38.8 Å². The summed E-state index contributed by atoms with van der Waals surface area (Å²) >= 11 is 24.9. The first-order valence-electron chi connectivity index (χ1n) is 10.6. The normalized spacial score (nSPS) is 31.3. The summed E-state index contributed by atoms with van der Waals surface area (Å²) in [6.45, 7) is -0.216. The van der Waals surface area contributed by atoms with Crippen molar-refractivity contribution < 1.29 is 23.5 Å². The Bertz CT molecular complexity index is 1350. The molecule has 5 unspecified atom stereocenters. The lowest BCUT2D eigenvalue weighted by molar-refractivity contribution is -0.127. The fraction of sp³-hybridized carbons (Fsp3) is 0.304. The number of carbonyl (C=O) groups is 2. The van der Waals surface area contributed by atoms with Crippen molar-refractivity contribution in [3.63, 3.8) is 0 Å². The molecule has 3 saturated heterocycles. The van der Waals surface area contributed by atoms with Gasteiger partial charge in [-0.3, -0.25) is 14.5 Å². The number of aliphatic hydroxyl groups is 1. The number of nitrogens with one attached hydrogen (secondary N) is 1. The second-order valence-electron chi connectivity index (χ2n) is 9.09. The number of anilines is 2. The van der Waals surface area contributed by atoms with Crippen LogP contribution >= 0.6 is 46.4 Å². The summed E-state index contributed by atoms with van der Waals surface area (Å²) in [6.07, 6.45) is -3.39. The lowest BCUT2D eigenvalue weighted by atomic mass is 9.74. The van der Waals surface area contributed by atoms with Crippen molar-refractivity contribution in [3.8, 4) is 0 Å². The molecular weight excluding hydrogens is 546 g/mol. The van der Waals surface area contributed by atoms with Crippen LogP contribution < -0.4 is 10.2 Å². The van der Waals surface area contributed by atoms with Crippen LogP contribution in [0.25, 0.3) is 0 Å². The van der Waals surface area contributed by atoms with Crippen LogP contribution in [-0.4, -0.2) is 40.6 Å². The van der Waals surface area contributed by atoms with Crippen molar-refractivity contribution in [3.05, 3.63) is 67.6 Å². The van der Waals surface area contributed by atoms with Crippen molar-refractivity contribution >= 4 is 69.6 Å². The Balaban J connectivity index is 1.59. The van der Waals surface area contributed by atoms with Crippen molar-refractivity contribution in [1.29, 1.82) is 0 Å². The van der Waals surface area contributed by atoms with Gasteiger partial charge in [-0.05, 0) is 36.8 Å². The molecule has 2 aromatic rings. The number of halogens is 6. The summed E-state index contributed by atoms with van der Waals surface area (Å²) in [5.41, 5.74) is -0.812. The van der Waals surface area contributed by atoms with Gasteiger partial charge in [0.25, 0.3) is 6.08 Å². The van der Waals surface area contributed by atoms with E-state index in [2.05, 4.69) is 5.32 Å². The number of imide groups is 1. The lowest BCUT2D eigenvalue weighted by Crippen LogP contribution is -2.56. The van der Waals surface area contributed by atoms with E-state index in [1.807, 2.05) is 0 Å². The minimum atomic E-state index is -1.84. The average Bonchev–Trinajstić information content (AvgIpc) is 3.44. The van der Waals surface area contributed by atoms with Gasteiger partial charge in [-0.1, -0.05) is 46.4 Å². The van der Waals surface area contributed by atoms with E-state index in [4.69, 9.17) is 46.4 Å². The Morgan fingerprint density at radius 1 is 1.00 bits per heavy atom. The van der Waals surface area contributed by atoms with E-state index in [0.29, 0.717) is 11.3 Å². The molecule has 6 nitrogen and oxygen atoms in total. The molecule has 2 amide bonds. The topological polar surface area (TPSA) is 72.9 Å². The van der Waals surface area contributed by atoms with E-state index in [1.165, 1.54) is 24.3 Å². The largest absolute Gasteiger partial charge is 0.371 e. The highest BCUT2D eigenvalue weighted by atomic mass is 35.5. The summed E-state index contributed by atoms with van der Waals surface area (Å²) in [4.78, 5) is 30.4. The van der Waals surface area contributed by atoms with Gasteiger partial charge in [0.05, 0.1) is 28.2 Å². The molecule has 0 aliphatic carbocycles. The zero-order chi connectivity index (χ0) is 25.0. The van der Waals surface area contributed by atoms with Crippen LogP contribution in [-0.2, 0) is 15.1 Å². The maximum absolute atomic E-state index is 14.0. The number of carbonyl (C=O) groups excluding carboxylic acids is 2. The first-order valence-corrected chi connectivity index (χ1v) is 12.1. The third-order valence-corrected chi connectivity index (χ3v) is 8.44. The molecule has 2 aromatic carbocycles. The van der Waals surface area contributed by atoms with Gasteiger partial charge in [-0.15, -0.1) is 0 Å². The summed E-state index contributed by atoms with van der Waals surface area (Å²) in [6, 6.07) is 6.60. The molecule has 2 N–H and O–H groups in total. The van der Waals surface area contributed by atoms with E-state index in [0.717, 1.165) is 4.90 Å². The predicted molar refractivity (Wildman–Crippen MR) is 128 cm³/mol. The molecule has 0 bridgehead atoms. The number of hydrogen-bond donors (Lipinski definition) is 2. The molecule has 5 atom stereocenters. The fourth-order valence-corrected chi connectivity index (χ4v) is 7.40. The van der Waals surface area contributed by atoms with Crippen molar-refractivity contribution in [2.24, 2.45) is 11.8 Å². The third-order valence-electron chi connectivity index (χ3n) is 7.49. The number of benzene rings is 2. The molecule has 12 heteroatoms. The van der Waals surface area contributed by atoms with Crippen LogP contribution in [0.4, 0.5) is 20.2 Å². The molecule has 35 heavy (non-hydrogen) atoms. The summed E-state index contributed by atoms with van der Waals surface area (Å²) in [5, 5.41) is 15.2. The zero-order valence-corrected chi connectivity index (χ0v) is 20.6. The Kier molecular flexibility index (Phi) is 5.21. The van der Waals surface area contributed by atoms with E-state index in [1.54, 1.807) is 11.0 Å². The Hall–Kier alpha value is -1.94. The monoisotopic (exact) mass is 559 g/mol. The number of rotatable bonds is 1. The van der Waals surface area contributed by atoms with E-state index < -0.39 is 47.5 Å². The van der Waals surface area contributed by atoms with Gasteiger partial charge in [0.15, 0.2) is 0 Å². The van der Waals surface area contributed by atoms with Gasteiger partial charge in [-0.25, -0.2) is 4.90 Å². The zero-order valence-electron chi connectivity index (χ0n) is 17.5. The average molecular weight is 561 g/mol. The van der Waals surface area contributed by atoms with Crippen LogP contribution in [0.2, 0.25) is 20.1 Å². The Morgan fingerprint density at radius 3 is 2.31 bits per heavy atom. The quantitative estimate of drug-likeness (QED) is 0.464. The van der Waals surface area contributed by atoms with Gasteiger partial charge in [0.1, 0.15) is 11.8 Å². The van der Waals surface area contributed by atoms with Crippen molar-refractivity contribution in [2.45, 2.75) is 24.2 Å². The molecule has 1 spiro atoms. The second-order valence-corrected chi connectivity index (χ2v) is 10.8. The summed E-state index contributed by atoms with van der Waals surface area (Å²) < 4.78 is 27.5. The minimum Gasteiger partial charge on any atom is -0.371 e. The number of nitrogens with zero attached hydrogens (tertiary/aromatic N) is 2. The second kappa shape index (κ2) is 7.78. The minimum absolute atomic E-state index is 0.120. The number of amides is 2. The standard InChI is InChI=1S/C23H15Cl4F2N3O3/c24-9-2-10(25)4-12(3-9)32-20(33)16-15-1-8(19(28)29)7-31(15)23(17(16)21(32)34)13-5-11(26)6-14(27)18(13)30-22(23)35/h2-6,15-17,22,30,35H,1,7H2.